The highest BCUT2D eigenvalue weighted by Gasteiger charge is 2.29. The summed E-state index contributed by atoms with van der Waals surface area (Å²) < 4.78 is 5.83. The Balaban J connectivity index is 2.66. The lowest BCUT2D eigenvalue weighted by atomic mass is 9.94. The largest absolute Gasteiger partial charge is 0.374 e. The fourth-order valence-corrected chi connectivity index (χ4v) is 2.66. The smallest absolute Gasteiger partial charge is 0.0782 e. The summed E-state index contributed by atoms with van der Waals surface area (Å²) in [7, 11) is 0. The van der Waals surface area contributed by atoms with Crippen LogP contribution in [-0.2, 0) is 11.2 Å². The summed E-state index contributed by atoms with van der Waals surface area (Å²) in [5, 5.41) is 5.66. The van der Waals surface area contributed by atoms with Gasteiger partial charge in [-0.3, -0.25) is 0 Å². The number of likely N-dealkylation sites (N-methyl/N-ethyl adjacent to an activating group) is 1. The maximum atomic E-state index is 5.83. The summed E-state index contributed by atoms with van der Waals surface area (Å²) in [6.45, 7) is 10.3. The second-order valence-electron chi connectivity index (χ2n) is 4.43. The number of thiophene rings is 1. The molecule has 0 amide bonds. The lowest BCUT2D eigenvalue weighted by molar-refractivity contribution is -0.0375. The van der Waals surface area contributed by atoms with Crippen LogP contribution < -0.4 is 5.32 Å². The van der Waals surface area contributed by atoms with Gasteiger partial charge >= 0.3 is 0 Å². The van der Waals surface area contributed by atoms with Crippen molar-refractivity contribution in [1.82, 2.24) is 5.32 Å². The van der Waals surface area contributed by atoms with Crippen LogP contribution in [0.1, 0.15) is 32.6 Å². The molecule has 16 heavy (non-hydrogen) atoms. The van der Waals surface area contributed by atoms with Crippen molar-refractivity contribution in [2.45, 2.75) is 45.8 Å². The third kappa shape index (κ3) is 3.89. The van der Waals surface area contributed by atoms with Gasteiger partial charge in [0.05, 0.1) is 5.60 Å². The minimum Gasteiger partial charge on any atom is -0.374 e. The second-order valence-corrected chi connectivity index (χ2v) is 5.46. The lowest BCUT2D eigenvalue weighted by Crippen LogP contribution is -2.49. The van der Waals surface area contributed by atoms with Crippen molar-refractivity contribution in [2.24, 2.45) is 0 Å². The molecule has 0 aliphatic carbocycles. The lowest BCUT2D eigenvalue weighted by Gasteiger charge is -2.34. The van der Waals surface area contributed by atoms with Gasteiger partial charge in [-0.05, 0) is 45.2 Å². The highest BCUT2D eigenvalue weighted by molar-refractivity contribution is 7.09. The van der Waals surface area contributed by atoms with Crippen LogP contribution in [0.5, 0.6) is 0 Å². The molecule has 2 nitrogen and oxygen atoms in total. The van der Waals surface area contributed by atoms with Crippen LogP contribution in [0, 0.1) is 0 Å². The van der Waals surface area contributed by atoms with Crippen molar-refractivity contribution in [3.63, 3.8) is 0 Å². The van der Waals surface area contributed by atoms with Gasteiger partial charge in [-0.25, -0.2) is 0 Å². The second kappa shape index (κ2) is 6.38. The van der Waals surface area contributed by atoms with Crippen molar-refractivity contribution in [3.05, 3.63) is 22.4 Å². The first kappa shape index (κ1) is 13.7. The van der Waals surface area contributed by atoms with Crippen molar-refractivity contribution < 1.29 is 4.74 Å². The van der Waals surface area contributed by atoms with E-state index in [-0.39, 0.29) is 5.60 Å². The first-order valence-electron chi connectivity index (χ1n) is 5.99. The highest BCUT2D eigenvalue weighted by atomic mass is 32.1. The maximum absolute atomic E-state index is 5.83. The van der Waals surface area contributed by atoms with Gasteiger partial charge in [0.25, 0.3) is 0 Å². The summed E-state index contributed by atoms with van der Waals surface area (Å²) in [5.41, 5.74) is -0.116. The Morgan fingerprint density at radius 1 is 1.44 bits per heavy atom. The van der Waals surface area contributed by atoms with Crippen molar-refractivity contribution in [3.8, 4) is 0 Å². The molecule has 1 rings (SSSR count). The summed E-state index contributed by atoms with van der Waals surface area (Å²) in [4.78, 5) is 1.42. The normalized spacial score (nSPS) is 14.0. The Morgan fingerprint density at radius 2 is 2.19 bits per heavy atom. The number of nitrogens with one attached hydrogen (secondary N) is 1. The zero-order valence-corrected chi connectivity index (χ0v) is 11.6. The van der Waals surface area contributed by atoms with Crippen LogP contribution in [0.3, 0.4) is 0 Å². The maximum Gasteiger partial charge on any atom is 0.0782 e. The van der Waals surface area contributed by atoms with Gasteiger partial charge in [0.1, 0.15) is 0 Å². The molecule has 3 heteroatoms. The van der Waals surface area contributed by atoms with Crippen LogP contribution in [-0.4, -0.2) is 24.8 Å². The van der Waals surface area contributed by atoms with Gasteiger partial charge in [-0.2, -0.15) is 0 Å². The van der Waals surface area contributed by atoms with Crippen LogP contribution in [0.2, 0.25) is 0 Å². The van der Waals surface area contributed by atoms with E-state index in [1.54, 1.807) is 0 Å². The average Bonchev–Trinajstić information content (AvgIpc) is 2.69. The fourth-order valence-electron chi connectivity index (χ4n) is 1.91. The Labute approximate surface area is 103 Å². The number of hydrogen-bond acceptors (Lipinski definition) is 3. The van der Waals surface area contributed by atoms with Gasteiger partial charge in [0, 0.05) is 17.5 Å². The molecule has 0 aliphatic rings. The van der Waals surface area contributed by atoms with Crippen LogP contribution in [0.4, 0.5) is 0 Å². The van der Waals surface area contributed by atoms with Crippen LogP contribution >= 0.6 is 11.3 Å². The number of rotatable bonds is 7. The summed E-state index contributed by atoms with van der Waals surface area (Å²) in [6.07, 6.45) is 1.04. The molecule has 1 aromatic rings. The standard InChI is InChI=1S/C13H23NOS/c1-5-14-12(13(3,4)15-6-2)10-11-8-7-9-16-11/h7-9,12,14H,5-6,10H2,1-4H3. The molecule has 0 fully saturated rings. The van der Waals surface area contributed by atoms with E-state index in [0.717, 1.165) is 19.6 Å². The van der Waals surface area contributed by atoms with Gasteiger partial charge in [0.2, 0.25) is 0 Å². The Hall–Kier alpha value is -0.380. The van der Waals surface area contributed by atoms with Gasteiger partial charge < -0.3 is 10.1 Å². The molecule has 92 valence electrons. The zero-order chi connectivity index (χ0) is 12.0. The summed E-state index contributed by atoms with van der Waals surface area (Å²) in [5.74, 6) is 0. The van der Waals surface area contributed by atoms with E-state index in [9.17, 15) is 0 Å². The summed E-state index contributed by atoms with van der Waals surface area (Å²) >= 11 is 1.82. The van der Waals surface area contributed by atoms with Gasteiger partial charge in [0.15, 0.2) is 0 Å². The molecule has 1 heterocycles. The zero-order valence-electron chi connectivity index (χ0n) is 10.7. The average molecular weight is 241 g/mol. The van der Waals surface area contributed by atoms with Crippen molar-refractivity contribution >= 4 is 11.3 Å². The third-order valence-electron chi connectivity index (χ3n) is 2.79. The quantitative estimate of drug-likeness (QED) is 0.792. The molecule has 0 bridgehead atoms. The number of ether oxygens (including phenoxy) is 1. The van der Waals surface area contributed by atoms with Gasteiger partial charge in [-0.1, -0.05) is 13.0 Å². The SMILES string of the molecule is CCNC(Cc1cccs1)C(C)(C)OCC. The van der Waals surface area contributed by atoms with E-state index in [1.807, 2.05) is 11.3 Å². The monoisotopic (exact) mass is 241 g/mol. The Morgan fingerprint density at radius 3 is 2.69 bits per heavy atom. The van der Waals surface area contributed by atoms with Crippen molar-refractivity contribution in [2.75, 3.05) is 13.2 Å². The Kier molecular flexibility index (Phi) is 5.46. The van der Waals surface area contributed by atoms with Crippen molar-refractivity contribution in [1.29, 1.82) is 0 Å². The molecule has 0 aromatic carbocycles. The van der Waals surface area contributed by atoms with E-state index in [4.69, 9.17) is 4.74 Å². The first-order valence-corrected chi connectivity index (χ1v) is 6.87. The predicted octanol–water partition coefficient (Wildman–Crippen LogP) is 3.08. The van der Waals surface area contributed by atoms with E-state index in [1.165, 1.54) is 4.88 Å². The molecule has 0 saturated heterocycles. The topological polar surface area (TPSA) is 21.3 Å². The van der Waals surface area contributed by atoms with Gasteiger partial charge in [-0.15, -0.1) is 11.3 Å². The molecule has 1 aromatic heterocycles. The molecule has 0 saturated carbocycles. The highest BCUT2D eigenvalue weighted by Crippen LogP contribution is 2.21. The van der Waals surface area contributed by atoms with E-state index >= 15 is 0 Å². The molecule has 1 unspecified atom stereocenters. The number of hydrogen-bond donors (Lipinski definition) is 1. The Bertz CT molecular complexity index is 282. The summed E-state index contributed by atoms with van der Waals surface area (Å²) in [6, 6.07) is 4.67. The van der Waals surface area contributed by atoms with Crippen LogP contribution in [0.25, 0.3) is 0 Å². The minimum absolute atomic E-state index is 0.116. The molecule has 1 atom stereocenters. The molecular weight excluding hydrogens is 218 g/mol. The third-order valence-corrected chi connectivity index (χ3v) is 3.69. The molecule has 0 aliphatic heterocycles. The molecular formula is C13H23NOS. The molecule has 0 radical (unpaired) electrons. The first-order chi connectivity index (χ1) is 7.60. The molecule has 1 N–H and O–H groups in total. The van der Waals surface area contributed by atoms with E-state index in [2.05, 4.69) is 50.5 Å². The van der Waals surface area contributed by atoms with E-state index in [0.29, 0.717) is 6.04 Å². The minimum atomic E-state index is -0.116. The molecule has 0 spiro atoms. The predicted molar refractivity (Wildman–Crippen MR) is 71.2 cm³/mol. The fraction of sp³-hybridized carbons (Fsp3) is 0.692. The van der Waals surface area contributed by atoms with E-state index < -0.39 is 0 Å². The van der Waals surface area contributed by atoms with Crippen LogP contribution in [0.15, 0.2) is 17.5 Å².